The summed E-state index contributed by atoms with van der Waals surface area (Å²) in [7, 11) is 0. The van der Waals surface area contributed by atoms with Gasteiger partial charge in [0.25, 0.3) is 5.96 Å². The first-order valence-corrected chi connectivity index (χ1v) is 4.68. The highest BCUT2D eigenvalue weighted by Gasteiger charge is 2.02. The van der Waals surface area contributed by atoms with Crippen molar-refractivity contribution in [2.45, 2.75) is 0 Å². The van der Waals surface area contributed by atoms with Gasteiger partial charge in [-0.05, 0) is 20.9 Å². The molecular weight excluding hydrogens is 256 g/mol. The second-order valence-electron chi connectivity index (χ2n) is 2.85. The van der Waals surface area contributed by atoms with Crippen LogP contribution in [0.4, 0.5) is 11.9 Å². The van der Waals surface area contributed by atoms with Gasteiger partial charge in [-0.25, -0.2) is 10.2 Å². The minimum Gasteiger partial charge on any atom is -0.320 e. The summed E-state index contributed by atoms with van der Waals surface area (Å²) in [5.41, 5.74) is 0. The zero-order valence-corrected chi connectivity index (χ0v) is 9.31. The lowest BCUT2D eigenvalue weighted by atomic mass is 10.8. The molecule has 98 valence electrons. The molecule has 0 amide bonds. The molecule has 2 aromatic rings. The Bertz CT molecular complexity index is 561. The number of hydrogen-bond donors (Lipinski definition) is 5. The van der Waals surface area contributed by atoms with Gasteiger partial charge in [-0.15, -0.1) is 15.3 Å². The van der Waals surface area contributed by atoms with Crippen LogP contribution in [0.15, 0.2) is 27.7 Å². The molecule has 2 heterocycles. The van der Waals surface area contributed by atoms with Crippen molar-refractivity contribution in [1.82, 2.24) is 41.2 Å². The number of nitrogens with two attached hydrogens (primary N) is 1. The van der Waals surface area contributed by atoms with Crippen LogP contribution in [0.2, 0.25) is 0 Å². The van der Waals surface area contributed by atoms with Crippen LogP contribution < -0.4 is 16.5 Å². The molecule has 2 rings (SSSR count). The summed E-state index contributed by atoms with van der Waals surface area (Å²) in [6.07, 6.45) is 0. The van der Waals surface area contributed by atoms with Crippen LogP contribution in [0.1, 0.15) is 0 Å². The smallest absolute Gasteiger partial charge is 0.265 e. The first-order valence-electron chi connectivity index (χ1n) is 4.68. The number of azo groups is 1. The largest absolute Gasteiger partial charge is 0.320 e. The van der Waals surface area contributed by atoms with Gasteiger partial charge in [0.2, 0.25) is 11.9 Å². The highest BCUT2D eigenvalue weighted by atomic mass is 15.5. The van der Waals surface area contributed by atoms with Crippen molar-refractivity contribution in [1.29, 1.82) is 0 Å². The first-order chi connectivity index (χ1) is 9.28. The third-order valence-corrected chi connectivity index (χ3v) is 1.57. The molecule has 2 aromatic heterocycles. The maximum atomic E-state index is 5.11. The Morgan fingerprint density at radius 1 is 1.05 bits per heavy atom. The van der Waals surface area contributed by atoms with E-state index in [1.54, 1.807) is 0 Å². The van der Waals surface area contributed by atoms with Crippen LogP contribution in [-0.2, 0) is 0 Å². The lowest BCUT2D eigenvalue weighted by Gasteiger charge is -1.99. The molecule has 0 spiro atoms. The maximum absolute atomic E-state index is 5.11. The summed E-state index contributed by atoms with van der Waals surface area (Å²) in [6, 6.07) is 0. The van der Waals surface area contributed by atoms with E-state index < -0.39 is 0 Å². The van der Waals surface area contributed by atoms with Crippen molar-refractivity contribution in [2.75, 3.05) is 10.6 Å². The van der Waals surface area contributed by atoms with Crippen molar-refractivity contribution >= 4 is 17.9 Å². The lowest BCUT2D eigenvalue weighted by Crippen LogP contribution is -2.12. The zero-order valence-electron chi connectivity index (χ0n) is 9.31. The summed E-state index contributed by atoms with van der Waals surface area (Å²) in [6.45, 7) is 3.57. The highest BCUT2D eigenvalue weighted by Crippen LogP contribution is 2.00. The van der Waals surface area contributed by atoms with Crippen LogP contribution in [-0.4, -0.2) is 47.2 Å². The molecule has 6 N–H and O–H groups in total. The Kier molecular flexibility index (Phi) is 3.64. The standard InChI is InChI=1S/C5H8N14/c1-2(7-4-12-16-17-13-4)10-11-3(9-6)8-5-14-18-19-15-5/h1,6H2,(H2,7,12,13,16,17)(H2,8,9,14,15,18,19)/b11-10-. The van der Waals surface area contributed by atoms with Gasteiger partial charge in [0, 0.05) is 0 Å². The van der Waals surface area contributed by atoms with Crippen molar-refractivity contribution in [3.05, 3.63) is 12.4 Å². The fraction of sp³-hybridized carbons (Fsp3) is 0. The number of tetrazole rings is 2. The molecule has 0 saturated heterocycles. The number of aromatic nitrogens is 8. The van der Waals surface area contributed by atoms with Gasteiger partial charge in [-0.3, -0.25) is 5.32 Å². The molecule has 0 bridgehead atoms. The van der Waals surface area contributed by atoms with E-state index in [0.29, 0.717) is 0 Å². The SMILES string of the molecule is C=C(/N=N\C(=N/N)Nc1nnn[nH]1)Nc1nnn[nH]1. The van der Waals surface area contributed by atoms with E-state index in [9.17, 15) is 0 Å². The number of nitrogens with one attached hydrogen (secondary N) is 4. The average Bonchev–Trinajstić information content (AvgIpc) is 3.07. The van der Waals surface area contributed by atoms with Gasteiger partial charge < -0.3 is 11.2 Å². The van der Waals surface area contributed by atoms with Gasteiger partial charge >= 0.3 is 0 Å². The molecule has 0 aromatic carbocycles. The number of hydrazone groups is 1. The minimum atomic E-state index is -0.0304. The molecule has 14 heteroatoms. The number of rotatable bonds is 4. The molecule has 0 aliphatic carbocycles. The monoisotopic (exact) mass is 264 g/mol. The average molecular weight is 264 g/mol. The van der Waals surface area contributed by atoms with E-state index in [0.717, 1.165) is 0 Å². The van der Waals surface area contributed by atoms with E-state index in [1.165, 1.54) is 0 Å². The van der Waals surface area contributed by atoms with Crippen LogP contribution in [0.5, 0.6) is 0 Å². The summed E-state index contributed by atoms with van der Waals surface area (Å²) in [5, 5.41) is 41.4. The van der Waals surface area contributed by atoms with Crippen molar-refractivity contribution in [3.63, 3.8) is 0 Å². The molecule has 0 saturated carbocycles. The molecule has 14 nitrogen and oxygen atoms in total. The zero-order chi connectivity index (χ0) is 13.5. The van der Waals surface area contributed by atoms with E-state index in [2.05, 4.69) is 73.8 Å². The van der Waals surface area contributed by atoms with Crippen molar-refractivity contribution < 1.29 is 0 Å². The fourth-order valence-corrected chi connectivity index (χ4v) is 0.883. The Hall–Kier alpha value is -3.45. The third-order valence-electron chi connectivity index (χ3n) is 1.57. The van der Waals surface area contributed by atoms with Gasteiger partial charge in [0.15, 0.2) is 0 Å². The Balaban J connectivity index is 1.91. The Labute approximate surface area is 104 Å². The second kappa shape index (κ2) is 5.75. The van der Waals surface area contributed by atoms with E-state index in [1.807, 2.05) is 0 Å². The second-order valence-corrected chi connectivity index (χ2v) is 2.85. The highest BCUT2D eigenvalue weighted by molar-refractivity contribution is 5.92. The van der Waals surface area contributed by atoms with E-state index in [4.69, 9.17) is 5.84 Å². The van der Waals surface area contributed by atoms with Crippen molar-refractivity contribution in [3.8, 4) is 0 Å². The number of nitrogens with zero attached hydrogens (tertiary/aromatic N) is 9. The third kappa shape index (κ3) is 3.51. The van der Waals surface area contributed by atoms with Crippen molar-refractivity contribution in [2.24, 2.45) is 21.2 Å². The Morgan fingerprint density at radius 2 is 1.68 bits per heavy atom. The fourth-order valence-electron chi connectivity index (χ4n) is 0.883. The molecule has 0 radical (unpaired) electrons. The predicted octanol–water partition coefficient (Wildman–Crippen LogP) is -1.61. The summed E-state index contributed by atoms with van der Waals surface area (Å²) < 4.78 is 0. The molecular formula is C5H8N14. The van der Waals surface area contributed by atoms with Crippen LogP contribution in [0.3, 0.4) is 0 Å². The topological polar surface area (TPSA) is 196 Å². The normalized spacial score (nSPS) is 11.7. The summed E-state index contributed by atoms with van der Waals surface area (Å²) in [4.78, 5) is 0. The summed E-state index contributed by atoms with van der Waals surface area (Å²) in [5.74, 6) is 5.72. The summed E-state index contributed by atoms with van der Waals surface area (Å²) >= 11 is 0. The molecule has 0 aliphatic heterocycles. The number of anilines is 2. The molecule has 0 fully saturated rings. The number of hydrogen-bond acceptors (Lipinski definition) is 10. The van der Waals surface area contributed by atoms with Gasteiger partial charge in [-0.2, -0.15) is 0 Å². The van der Waals surface area contributed by atoms with E-state index >= 15 is 0 Å². The van der Waals surface area contributed by atoms with Crippen LogP contribution in [0.25, 0.3) is 0 Å². The lowest BCUT2D eigenvalue weighted by molar-refractivity contribution is 0.881. The van der Waals surface area contributed by atoms with Gasteiger partial charge in [0.05, 0.1) is 0 Å². The number of guanidine groups is 1. The molecule has 0 aliphatic rings. The first kappa shape index (κ1) is 12.0. The van der Waals surface area contributed by atoms with Crippen LogP contribution in [0, 0.1) is 0 Å². The molecule has 0 atom stereocenters. The van der Waals surface area contributed by atoms with Crippen LogP contribution >= 0.6 is 0 Å². The number of aromatic amines is 2. The minimum absolute atomic E-state index is 0.0304. The Morgan fingerprint density at radius 3 is 2.21 bits per heavy atom. The number of H-pyrrole nitrogens is 2. The predicted molar refractivity (Wildman–Crippen MR) is 61.2 cm³/mol. The van der Waals surface area contributed by atoms with Gasteiger partial charge in [-0.1, -0.05) is 16.8 Å². The maximum Gasteiger partial charge on any atom is 0.265 e. The quantitative estimate of drug-likeness (QED) is 0.142. The van der Waals surface area contributed by atoms with E-state index in [-0.39, 0.29) is 23.7 Å². The van der Waals surface area contributed by atoms with Gasteiger partial charge in [0.1, 0.15) is 5.82 Å². The molecule has 19 heavy (non-hydrogen) atoms. The molecule has 0 unspecified atom stereocenters.